The molecule has 0 saturated heterocycles. The molecule has 0 N–H and O–H groups in total. The molecule has 0 amide bonds. The maximum atomic E-state index is 13.5. The number of carbonyl (C=O) groups is 8. The van der Waals surface area contributed by atoms with Gasteiger partial charge in [0.25, 0.3) is 0 Å². The molecule has 0 aliphatic rings. The van der Waals surface area contributed by atoms with Crippen molar-refractivity contribution in [2.45, 2.75) is 53.4 Å². The number of carbonyl (C=O) groups excluding carboxylic acids is 8. The molecule has 0 rings (SSSR count). The van der Waals surface area contributed by atoms with Gasteiger partial charge in [0.1, 0.15) is 0 Å². The molecule has 12 nitrogen and oxygen atoms in total. The number of hydrogen-bond donors (Lipinski definition) is 0. The first-order chi connectivity index (χ1) is 17.5. The summed E-state index contributed by atoms with van der Waals surface area (Å²) in [6.45, 7) is 4.99. The second-order valence-corrected chi connectivity index (χ2v) is 17.0. The van der Waals surface area contributed by atoms with Crippen molar-refractivity contribution >= 4 is 37.1 Å². The van der Waals surface area contributed by atoms with Crippen molar-refractivity contribution in [1.29, 1.82) is 0 Å². The van der Waals surface area contributed by atoms with Crippen LogP contribution in [-0.2, 0) is 77.6 Å². The fourth-order valence-corrected chi connectivity index (χ4v) is 12.4. The van der Waals surface area contributed by atoms with Crippen LogP contribution in [0.25, 0.3) is 0 Å². The first-order valence-electron chi connectivity index (χ1n) is 12.0. The molecule has 0 aromatic carbocycles. The Morgan fingerprint density at radius 2 is 0.595 bits per heavy atom. The fraction of sp³-hybridized carbons (Fsp3) is 0.667. The molecule has 0 fully saturated rings. The summed E-state index contributed by atoms with van der Waals surface area (Å²) >= 11 is -6.33. The summed E-state index contributed by atoms with van der Waals surface area (Å²) in [5.41, 5.74) is 0. The minimum absolute atomic E-state index is 0.148. The summed E-state index contributed by atoms with van der Waals surface area (Å²) in [6.07, 6.45) is -3.90. The number of ether oxygens (including phenoxy) is 4. The van der Waals surface area contributed by atoms with Gasteiger partial charge in [0.05, 0.1) is 0 Å². The van der Waals surface area contributed by atoms with Crippen molar-refractivity contribution in [2.24, 2.45) is 0 Å². The Hall–Kier alpha value is -1.92. The van der Waals surface area contributed by atoms with E-state index in [-0.39, 0.29) is 26.4 Å². The summed E-state index contributed by atoms with van der Waals surface area (Å²) in [6, 6.07) is 0. The molecule has 0 heterocycles. The molecule has 0 bridgehead atoms. The number of rotatable bonds is 24. The minimum atomic E-state index is -6.33. The third-order valence-corrected chi connectivity index (χ3v) is 14.9. The Morgan fingerprint density at radius 1 is 0.405 bits per heavy atom. The van der Waals surface area contributed by atoms with E-state index >= 15 is 0 Å². The Balaban J connectivity index is 6.54. The Kier molecular flexibility index (Phi) is 18.2. The SMILES string of the molecule is CCOCC(=O)C[C](=O)[Zr]([C](=O)CC(=O)COCC)([C](=O)CC(=O)COCC)[C](=O)CC(=O)COCC. The van der Waals surface area contributed by atoms with Gasteiger partial charge in [-0.05, 0) is 0 Å². The maximum absolute atomic E-state index is 13.5. The van der Waals surface area contributed by atoms with Crippen LogP contribution in [0.4, 0.5) is 0 Å². The Morgan fingerprint density at radius 3 is 0.757 bits per heavy atom. The molecular formula is C24H36O12Zr. The van der Waals surface area contributed by atoms with Gasteiger partial charge in [0.15, 0.2) is 0 Å². The van der Waals surface area contributed by atoms with Crippen molar-refractivity contribution in [2.75, 3.05) is 52.9 Å². The molecule has 208 valence electrons. The van der Waals surface area contributed by atoms with Crippen molar-refractivity contribution in [3.63, 3.8) is 0 Å². The first-order valence-corrected chi connectivity index (χ1v) is 16.9. The first kappa shape index (κ1) is 35.1. The van der Waals surface area contributed by atoms with Gasteiger partial charge in [-0.2, -0.15) is 0 Å². The predicted octanol–water partition coefficient (Wildman–Crippen LogP) is 0.230. The molecule has 0 unspecified atom stereocenters. The van der Waals surface area contributed by atoms with Crippen LogP contribution in [0.15, 0.2) is 0 Å². The quantitative estimate of drug-likeness (QED) is 0.137. The molecular weight excluding hydrogens is 571 g/mol. The fourth-order valence-electron chi connectivity index (χ4n) is 3.25. The van der Waals surface area contributed by atoms with Gasteiger partial charge in [-0.3, -0.25) is 0 Å². The van der Waals surface area contributed by atoms with E-state index in [1.807, 2.05) is 0 Å². The van der Waals surface area contributed by atoms with E-state index in [2.05, 4.69) is 0 Å². The molecule has 13 heteroatoms. The summed E-state index contributed by atoms with van der Waals surface area (Å²) in [5.74, 6) is -3.15. The second kappa shape index (κ2) is 19.2. The average Bonchev–Trinajstić information content (AvgIpc) is 2.83. The molecule has 37 heavy (non-hydrogen) atoms. The molecule has 0 aliphatic heterocycles. The topological polar surface area (TPSA) is 173 Å². The molecule has 0 spiro atoms. The number of ketones is 4. The summed E-state index contributed by atoms with van der Waals surface area (Å²) in [5, 5.41) is 0. The molecule has 0 radical (unpaired) electrons. The Labute approximate surface area is 220 Å². The van der Waals surface area contributed by atoms with E-state index in [4.69, 9.17) is 18.9 Å². The second-order valence-electron chi connectivity index (χ2n) is 7.85. The zero-order valence-electron chi connectivity index (χ0n) is 21.9. The number of hydrogen-bond acceptors (Lipinski definition) is 12. The van der Waals surface area contributed by atoms with Gasteiger partial charge in [-0.1, -0.05) is 0 Å². The zero-order valence-corrected chi connectivity index (χ0v) is 24.3. The van der Waals surface area contributed by atoms with Gasteiger partial charge in [-0.25, -0.2) is 0 Å². The predicted molar refractivity (Wildman–Crippen MR) is 124 cm³/mol. The van der Waals surface area contributed by atoms with Crippen LogP contribution >= 0.6 is 0 Å². The van der Waals surface area contributed by atoms with Crippen LogP contribution in [0, 0.1) is 0 Å². The Bertz CT molecular complexity index is 722. The normalized spacial score (nSPS) is 11.1. The van der Waals surface area contributed by atoms with Crippen LogP contribution in [0.2, 0.25) is 0 Å². The van der Waals surface area contributed by atoms with Crippen LogP contribution in [0.3, 0.4) is 0 Å². The molecule has 0 aromatic rings. The van der Waals surface area contributed by atoms with Crippen molar-refractivity contribution in [3.8, 4) is 0 Å². The third kappa shape index (κ3) is 12.0. The van der Waals surface area contributed by atoms with E-state index in [1.165, 1.54) is 0 Å². The summed E-state index contributed by atoms with van der Waals surface area (Å²) in [4.78, 5) is 103. The van der Waals surface area contributed by atoms with Crippen molar-refractivity contribution in [3.05, 3.63) is 0 Å². The van der Waals surface area contributed by atoms with Crippen LogP contribution in [0.1, 0.15) is 53.4 Å². The van der Waals surface area contributed by atoms with Gasteiger partial charge in [-0.15, -0.1) is 0 Å². The third-order valence-electron chi connectivity index (χ3n) is 4.97. The zero-order chi connectivity index (χ0) is 28.4. The van der Waals surface area contributed by atoms with Crippen LogP contribution < -0.4 is 0 Å². The van der Waals surface area contributed by atoms with Crippen molar-refractivity contribution < 1.29 is 77.6 Å². The van der Waals surface area contributed by atoms with E-state index in [0.717, 1.165) is 0 Å². The molecule has 0 aliphatic carbocycles. The number of Topliss-reactive ketones (excluding diaryl/α,β-unsaturated/α-hetero) is 4. The van der Waals surface area contributed by atoms with Crippen LogP contribution in [0.5, 0.6) is 0 Å². The summed E-state index contributed by atoms with van der Waals surface area (Å²) < 4.78 is 15.0. The van der Waals surface area contributed by atoms with Gasteiger partial charge in [0.2, 0.25) is 0 Å². The molecule has 0 aromatic heterocycles. The van der Waals surface area contributed by atoms with E-state index in [9.17, 15) is 38.4 Å². The van der Waals surface area contributed by atoms with Crippen LogP contribution in [-0.4, -0.2) is 90.0 Å². The van der Waals surface area contributed by atoms with E-state index < -0.39 is 109 Å². The van der Waals surface area contributed by atoms with E-state index in [0.29, 0.717) is 0 Å². The van der Waals surface area contributed by atoms with Gasteiger partial charge in [0, 0.05) is 0 Å². The molecule has 0 saturated carbocycles. The van der Waals surface area contributed by atoms with Crippen molar-refractivity contribution in [1.82, 2.24) is 0 Å². The van der Waals surface area contributed by atoms with Gasteiger partial charge < -0.3 is 0 Å². The van der Waals surface area contributed by atoms with E-state index in [1.54, 1.807) is 27.7 Å². The average molecular weight is 608 g/mol. The monoisotopic (exact) mass is 606 g/mol. The standard InChI is InChI=1S/4C6H9O3.Zr/c4*1-2-9-5-6(8)3-4-7;/h4*2-3,5H2,1H3;. The molecule has 0 atom stereocenters. The summed E-state index contributed by atoms with van der Waals surface area (Å²) in [7, 11) is 0. The van der Waals surface area contributed by atoms with Gasteiger partial charge >= 0.3 is 221 Å².